The van der Waals surface area contributed by atoms with Crippen LogP contribution in [0.25, 0.3) is 5.69 Å². The molecule has 0 saturated carbocycles. The Bertz CT molecular complexity index is 603. The van der Waals surface area contributed by atoms with Gasteiger partial charge in [0.25, 0.3) is 0 Å². The Morgan fingerprint density at radius 3 is 2.90 bits per heavy atom. The van der Waals surface area contributed by atoms with Gasteiger partial charge >= 0.3 is 5.97 Å². The molecule has 1 aliphatic heterocycles. The van der Waals surface area contributed by atoms with Crippen LogP contribution in [0.1, 0.15) is 16.9 Å². The Morgan fingerprint density at radius 1 is 1.40 bits per heavy atom. The van der Waals surface area contributed by atoms with Crippen molar-refractivity contribution in [3.05, 3.63) is 47.0 Å². The van der Waals surface area contributed by atoms with Crippen molar-refractivity contribution < 1.29 is 14.3 Å². The van der Waals surface area contributed by atoms with E-state index in [9.17, 15) is 4.79 Å². The lowest BCUT2D eigenvalue weighted by molar-refractivity contribution is 0.0264. The molecule has 0 N–H and O–H groups in total. The molecule has 0 bridgehead atoms. The van der Waals surface area contributed by atoms with Crippen LogP contribution in [0.4, 0.5) is 0 Å². The SMILES string of the molecule is O=C(OC1CCOC1)c1cn(-c2ccc(Br)cc2)cn1. The van der Waals surface area contributed by atoms with E-state index < -0.39 is 5.97 Å². The molecule has 3 rings (SSSR count). The van der Waals surface area contributed by atoms with Crippen LogP contribution in [0.3, 0.4) is 0 Å². The molecule has 1 aromatic carbocycles. The normalized spacial score (nSPS) is 18.1. The second-order valence-corrected chi connectivity index (χ2v) is 5.45. The number of nitrogens with zero attached hydrogens (tertiary/aromatic N) is 2. The molecule has 1 atom stereocenters. The van der Waals surface area contributed by atoms with Crippen LogP contribution in [0.15, 0.2) is 41.3 Å². The van der Waals surface area contributed by atoms with Crippen LogP contribution < -0.4 is 0 Å². The van der Waals surface area contributed by atoms with Crippen molar-refractivity contribution >= 4 is 21.9 Å². The Balaban J connectivity index is 1.72. The molecule has 20 heavy (non-hydrogen) atoms. The van der Waals surface area contributed by atoms with Crippen molar-refractivity contribution in [2.45, 2.75) is 12.5 Å². The zero-order chi connectivity index (χ0) is 13.9. The Kier molecular flexibility index (Phi) is 3.84. The maximum atomic E-state index is 11.9. The minimum absolute atomic E-state index is 0.152. The van der Waals surface area contributed by atoms with E-state index in [1.165, 1.54) is 0 Å². The molecule has 104 valence electrons. The first-order valence-corrected chi connectivity index (χ1v) is 7.10. The second-order valence-electron chi connectivity index (χ2n) is 4.53. The fourth-order valence-electron chi connectivity index (χ4n) is 2.00. The average Bonchev–Trinajstić information content (AvgIpc) is 3.10. The molecule has 1 saturated heterocycles. The lowest BCUT2D eigenvalue weighted by Gasteiger charge is -2.07. The van der Waals surface area contributed by atoms with Crippen molar-refractivity contribution in [3.63, 3.8) is 0 Å². The largest absolute Gasteiger partial charge is 0.455 e. The van der Waals surface area contributed by atoms with Crippen molar-refractivity contribution in [3.8, 4) is 5.69 Å². The summed E-state index contributed by atoms with van der Waals surface area (Å²) in [6, 6.07) is 7.74. The van der Waals surface area contributed by atoms with Gasteiger partial charge in [-0.1, -0.05) is 15.9 Å². The number of hydrogen-bond acceptors (Lipinski definition) is 4. The quantitative estimate of drug-likeness (QED) is 0.808. The number of ether oxygens (including phenoxy) is 2. The summed E-state index contributed by atoms with van der Waals surface area (Å²) in [6.45, 7) is 1.12. The van der Waals surface area contributed by atoms with E-state index in [1.807, 2.05) is 24.3 Å². The highest BCUT2D eigenvalue weighted by Crippen LogP contribution is 2.15. The standard InChI is InChI=1S/C14H13BrN2O3/c15-10-1-3-11(4-2-10)17-7-13(16-9-17)14(18)20-12-5-6-19-8-12/h1-4,7,9,12H,5-6,8H2. The monoisotopic (exact) mass is 336 g/mol. The van der Waals surface area contributed by atoms with Gasteiger partial charge in [0.2, 0.25) is 0 Å². The first kappa shape index (κ1) is 13.3. The highest BCUT2D eigenvalue weighted by molar-refractivity contribution is 9.10. The molecule has 2 aromatic rings. The molecule has 1 unspecified atom stereocenters. The van der Waals surface area contributed by atoms with Crippen LogP contribution in [-0.4, -0.2) is 34.8 Å². The van der Waals surface area contributed by atoms with E-state index in [2.05, 4.69) is 20.9 Å². The van der Waals surface area contributed by atoms with Crippen LogP contribution >= 0.6 is 15.9 Å². The second kappa shape index (κ2) is 5.76. The summed E-state index contributed by atoms with van der Waals surface area (Å²) in [4.78, 5) is 16.0. The van der Waals surface area contributed by atoms with E-state index >= 15 is 0 Å². The maximum Gasteiger partial charge on any atom is 0.358 e. The third-order valence-electron chi connectivity index (χ3n) is 3.08. The third-order valence-corrected chi connectivity index (χ3v) is 3.61. The molecule has 1 fully saturated rings. The molecule has 5 nitrogen and oxygen atoms in total. The van der Waals surface area contributed by atoms with Gasteiger partial charge in [-0.2, -0.15) is 0 Å². The van der Waals surface area contributed by atoms with E-state index in [0.29, 0.717) is 18.9 Å². The molecular formula is C14H13BrN2O3. The van der Waals surface area contributed by atoms with Gasteiger partial charge in [-0.05, 0) is 24.3 Å². The van der Waals surface area contributed by atoms with Crippen molar-refractivity contribution in [1.82, 2.24) is 9.55 Å². The lowest BCUT2D eigenvalue weighted by atomic mass is 10.3. The number of esters is 1. The summed E-state index contributed by atoms with van der Waals surface area (Å²) >= 11 is 3.38. The predicted octanol–water partition coefficient (Wildman–Crippen LogP) is 2.58. The number of carbonyl (C=O) groups excluding carboxylic acids is 1. The molecule has 0 aliphatic carbocycles. The highest BCUT2D eigenvalue weighted by Gasteiger charge is 2.22. The number of carbonyl (C=O) groups is 1. The smallest absolute Gasteiger partial charge is 0.358 e. The molecule has 6 heteroatoms. The number of rotatable bonds is 3. The number of aromatic nitrogens is 2. The van der Waals surface area contributed by atoms with E-state index in [4.69, 9.17) is 9.47 Å². The minimum atomic E-state index is -0.406. The third kappa shape index (κ3) is 2.91. The van der Waals surface area contributed by atoms with Gasteiger partial charge in [0, 0.05) is 22.8 Å². The lowest BCUT2D eigenvalue weighted by Crippen LogP contribution is -2.18. The fraction of sp³-hybridized carbons (Fsp3) is 0.286. The van der Waals surface area contributed by atoms with Gasteiger partial charge < -0.3 is 14.0 Å². The number of hydrogen-bond donors (Lipinski definition) is 0. The van der Waals surface area contributed by atoms with Gasteiger partial charge in [-0.15, -0.1) is 0 Å². The zero-order valence-electron chi connectivity index (χ0n) is 10.7. The predicted molar refractivity (Wildman–Crippen MR) is 75.9 cm³/mol. The molecule has 0 amide bonds. The van der Waals surface area contributed by atoms with E-state index in [1.54, 1.807) is 17.1 Å². The van der Waals surface area contributed by atoms with Crippen LogP contribution in [0.2, 0.25) is 0 Å². The molecule has 2 heterocycles. The molecule has 1 aliphatic rings. The minimum Gasteiger partial charge on any atom is -0.455 e. The van der Waals surface area contributed by atoms with Gasteiger partial charge in [-0.25, -0.2) is 9.78 Å². The highest BCUT2D eigenvalue weighted by atomic mass is 79.9. The molecule has 0 radical (unpaired) electrons. The van der Waals surface area contributed by atoms with E-state index in [-0.39, 0.29) is 6.10 Å². The maximum absolute atomic E-state index is 11.9. The zero-order valence-corrected chi connectivity index (χ0v) is 12.2. The Labute approximate surface area is 124 Å². The topological polar surface area (TPSA) is 53.4 Å². The van der Waals surface area contributed by atoms with Crippen LogP contribution in [0.5, 0.6) is 0 Å². The van der Waals surface area contributed by atoms with Gasteiger partial charge in [0.15, 0.2) is 5.69 Å². The summed E-state index contributed by atoms with van der Waals surface area (Å²) < 4.78 is 13.3. The summed E-state index contributed by atoms with van der Waals surface area (Å²) in [5.74, 6) is -0.406. The summed E-state index contributed by atoms with van der Waals surface area (Å²) in [5.41, 5.74) is 1.24. The average molecular weight is 337 g/mol. The van der Waals surface area contributed by atoms with Gasteiger partial charge in [0.05, 0.1) is 13.2 Å². The van der Waals surface area contributed by atoms with Crippen molar-refractivity contribution in [1.29, 1.82) is 0 Å². The molecule has 0 spiro atoms. The Morgan fingerprint density at radius 2 is 2.20 bits per heavy atom. The number of benzene rings is 1. The number of halogens is 1. The van der Waals surface area contributed by atoms with Crippen molar-refractivity contribution in [2.24, 2.45) is 0 Å². The Hall–Kier alpha value is -1.66. The first-order valence-electron chi connectivity index (χ1n) is 6.31. The van der Waals surface area contributed by atoms with E-state index in [0.717, 1.165) is 16.6 Å². The van der Waals surface area contributed by atoms with Crippen LogP contribution in [0, 0.1) is 0 Å². The van der Waals surface area contributed by atoms with Crippen molar-refractivity contribution in [2.75, 3.05) is 13.2 Å². The fourth-order valence-corrected chi connectivity index (χ4v) is 2.26. The van der Waals surface area contributed by atoms with Gasteiger partial charge in [-0.3, -0.25) is 0 Å². The molecule has 1 aromatic heterocycles. The summed E-state index contributed by atoms with van der Waals surface area (Å²) in [5, 5.41) is 0. The van der Waals surface area contributed by atoms with Crippen LogP contribution in [-0.2, 0) is 9.47 Å². The summed E-state index contributed by atoms with van der Waals surface area (Å²) in [6.07, 6.45) is 3.87. The first-order chi connectivity index (χ1) is 9.72. The van der Waals surface area contributed by atoms with Gasteiger partial charge in [0.1, 0.15) is 12.4 Å². The number of imidazole rings is 1. The molecular weight excluding hydrogens is 324 g/mol. The summed E-state index contributed by atoms with van der Waals surface area (Å²) in [7, 11) is 0.